The number of halogens is 1. The first-order chi connectivity index (χ1) is 16.0. The second kappa shape index (κ2) is 9.78. The van der Waals surface area contributed by atoms with Crippen molar-refractivity contribution in [2.45, 2.75) is 25.8 Å². The summed E-state index contributed by atoms with van der Waals surface area (Å²) in [5.74, 6) is -1.31. The molecule has 9 nitrogen and oxygen atoms in total. The summed E-state index contributed by atoms with van der Waals surface area (Å²) in [6, 6.07) is 7.48. The van der Waals surface area contributed by atoms with E-state index in [1.165, 1.54) is 24.4 Å². The summed E-state index contributed by atoms with van der Waals surface area (Å²) in [6.07, 6.45) is 5.20. The number of nitrogens with one attached hydrogen (secondary N) is 2. The monoisotopic (exact) mass is 453 g/mol. The number of likely N-dealkylation sites (tertiary alicyclic amines) is 1. The van der Waals surface area contributed by atoms with Crippen molar-refractivity contribution in [2.24, 2.45) is 0 Å². The lowest BCUT2D eigenvalue weighted by molar-refractivity contribution is -0.127. The molecule has 0 saturated carbocycles. The van der Waals surface area contributed by atoms with Gasteiger partial charge in [-0.05, 0) is 36.6 Å². The Morgan fingerprint density at radius 3 is 2.67 bits per heavy atom. The summed E-state index contributed by atoms with van der Waals surface area (Å²) >= 11 is 0. The largest absolute Gasteiger partial charge is 0.352 e. The van der Waals surface area contributed by atoms with E-state index in [4.69, 9.17) is 5.21 Å². The van der Waals surface area contributed by atoms with Gasteiger partial charge in [0, 0.05) is 44.2 Å². The van der Waals surface area contributed by atoms with Crippen LogP contribution in [0.4, 0.5) is 4.39 Å². The number of aromatic nitrogens is 2. The van der Waals surface area contributed by atoms with Crippen molar-refractivity contribution in [3.63, 3.8) is 0 Å². The van der Waals surface area contributed by atoms with Gasteiger partial charge < -0.3 is 14.8 Å². The van der Waals surface area contributed by atoms with E-state index in [1.54, 1.807) is 33.3 Å². The lowest BCUT2D eigenvalue weighted by atomic mass is 10.1. The van der Waals surface area contributed by atoms with Gasteiger partial charge in [-0.15, -0.1) is 0 Å². The van der Waals surface area contributed by atoms with Crippen molar-refractivity contribution in [3.05, 3.63) is 65.4 Å². The van der Waals surface area contributed by atoms with E-state index in [2.05, 4.69) is 10.3 Å². The predicted octanol–water partition coefficient (Wildman–Crippen LogP) is 2.08. The molecule has 1 saturated heterocycles. The maximum atomic E-state index is 13.3. The molecule has 4 rings (SSSR count). The van der Waals surface area contributed by atoms with E-state index in [9.17, 15) is 18.8 Å². The fraction of sp³-hybridized carbons (Fsp3) is 0.304. The zero-order valence-corrected chi connectivity index (χ0v) is 17.9. The fourth-order valence-corrected chi connectivity index (χ4v) is 3.97. The summed E-state index contributed by atoms with van der Waals surface area (Å²) < 4.78 is 15.1. The molecule has 1 aliphatic rings. The Balaban J connectivity index is 1.55. The van der Waals surface area contributed by atoms with Crippen LogP contribution in [0.25, 0.3) is 10.9 Å². The van der Waals surface area contributed by atoms with E-state index in [0.717, 1.165) is 18.5 Å². The van der Waals surface area contributed by atoms with Gasteiger partial charge in [-0.3, -0.25) is 19.6 Å². The maximum absolute atomic E-state index is 13.3. The van der Waals surface area contributed by atoms with E-state index in [1.807, 2.05) is 0 Å². The summed E-state index contributed by atoms with van der Waals surface area (Å²) in [5, 5.41) is 12.3. The van der Waals surface area contributed by atoms with Gasteiger partial charge >= 0.3 is 0 Å². The van der Waals surface area contributed by atoms with Gasteiger partial charge in [-0.1, -0.05) is 12.1 Å². The first-order valence-electron chi connectivity index (χ1n) is 10.7. The quantitative estimate of drug-likeness (QED) is 0.274. The average molecular weight is 453 g/mol. The van der Waals surface area contributed by atoms with Gasteiger partial charge in [0.05, 0.1) is 17.3 Å². The van der Waals surface area contributed by atoms with Crippen LogP contribution in [-0.4, -0.2) is 57.0 Å². The summed E-state index contributed by atoms with van der Waals surface area (Å²) in [4.78, 5) is 42.4. The lowest BCUT2D eigenvalue weighted by Crippen LogP contribution is -2.30. The molecule has 0 radical (unpaired) electrons. The standard InChI is InChI=1S/C23H24FN5O4/c24-16-6-4-15(5-7-16)13-29-14-18(17-11-19(23(32)27-33)26-12-20(17)29)22(31)25-8-2-10-28-9-1-3-21(28)30/h4-7,11-12,14,33H,1-3,8-10,13H2,(H,25,31)(H,27,32). The van der Waals surface area contributed by atoms with Crippen molar-refractivity contribution >= 4 is 28.6 Å². The predicted molar refractivity (Wildman–Crippen MR) is 117 cm³/mol. The molecule has 10 heteroatoms. The molecule has 2 aromatic heterocycles. The van der Waals surface area contributed by atoms with Crippen molar-refractivity contribution < 1.29 is 24.0 Å². The minimum absolute atomic E-state index is 0.0360. The zero-order valence-electron chi connectivity index (χ0n) is 17.9. The minimum Gasteiger partial charge on any atom is -0.352 e. The highest BCUT2D eigenvalue weighted by molar-refractivity contribution is 6.08. The Kier molecular flexibility index (Phi) is 6.64. The summed E-state index contributed by atoms with van der Waals surface area (Å²) in [5.41, 5.74) is 3.29. The third-order valence-electron chi connectivity index (χ3n) is 5.67. The highest BCUT2D eigenvalue weighted by Gasteiger charge is 2.20. The Labute approximate surface area is 189 Å². The molecule has 1 aliphatic heterocycles. The van der Waals surface area contributed by atoms with Crippen molar-refractivity contribution in [1.29, 1.82) is 0 Å². The number of rotatable bonds is 8. The van der Waals surface area contributed by atoms with Gasteiger partial charge in [0.15, 0.2) is 0 Å². The minimum atomic E-state index is -0.787. The maximum Gasteiger partial charge on any atom is 0.293 e. The van der Waals surface area contributed by atoms with Gasteiger partial charge in [0.1, 0.15) is 11.5 Å². The molecule has 3 heterocycles. The molecule has 3 amide bonds. The van der Waals surface area contributed by atoms with E-state index in [-0.39, 0.29) is 23.3 Å². The van der Waals surface area contributed by atoms with Crippen LogP contribution in [0.2, 0.25) is 0 Å². The van der Waals surface area contributed by atoms with Gasteiger partial charge in [-0.2, -0.15) is 0 Å². The first kappa shape index (κ1) is 22.4. The number of hydroxylamine groups is 1. The molecular weight excluding hydrogens is 429 g/mol. The number of amides is 3. The van der Waals surface area contributed by atoms with Crippen LogP contribution < -0.4 is 10.8 Å². The van der Waals surface area contributed by atoms with E-state index < -0.39 is 5.91 Å². The molecule has 3 aromatic rings. The Morgan fingerprint density at radius 2 is 1.97 bits per heavy atom. The second-order valence-electron chi connectivity index (χ2n) is 7.92. The number of benzene rings is 1. The third kappa shape index (κ3) is 5.01. The van der Waals surface area contributed by atoms with Crippen LogP contribution >= 0.6 is 0 Å². The molecule has 172 valence electrons. The van der Waals surface area contributed by atoms with Crippen LogP contribution in [0.15, 0.2) is 42.7 Å². The van der Waals surface area contributed by atoms with Gasteiger partial charge in [0.25, 0.3) is 11.8 Å². The topological polar surface area (TPSA) is 117 Å². The molecule has 0 atom stereocenters. The second-order valence-corrected chi connectivity index (χ2v) is 7.92. The number of hydrogen-bond acceptors (Lipinski definition) is 5. The van der Waals surface area contributed by atoms with Crippen LogP contribution in [0.5, 0.6) is 0 Å². The molecule has 0 bridgehead atoms. The van der Waals surface area contributed by atoms with Crippen molar-refractivity contribution in [2.75, 3.05) is 19.6 Å². The molecular formula is C23H24FN5O4. The van der Waals surface area contributed by atoms with E-state index in [0.29, 0.717) is 48.9 Å². The summed E-state index contributed by atoms with van der Waals surface area (Å²) in [6.45, 7) is 2.11. The number of hydrogen-bond donors (Lipinski definition) is 3. The number of carbonyl (C=O) groups excluding carboxylic acids is 3. The molecule has 0 aliphatic carbocycles. The van der Waals surface area contributed by atoms with Crippen LogP contribution in [0.1, 0.15) is 45.7 Å². The van der Waals surface area contributed by atoms with Crippen LogP contribution in [0, 0.1) is 5.82 Å². The van der Waals surface area contributed by atoms with Crippen LogP contribution in [0.3, 0.4) is 0 Å². The molecule has 3 N–H and O–H groups in total. The highest BCUT2D eigenvalue weighted by Crippen LogP contribution is 2.23. The number of pyridine rings is 1. The molecule has 1 aromatic carbocycles. The molecule has 33 heavy (non-hydrogen) atoms. The Morgan fingerprint density at radius 1 is 1.18 bits per heavy atom. The zero-order chi connectivity index (χ0) is 23.4. The van der Waals surface area contributed by atoms with Crippen LogP contribution in [-0.2, 0) is 11.3 Å². The average Bonchev–Trinajstić information content (AvgIpc) is 3.40. The third-order valence-corrected chi connectivity index (χ3v) is 5.67. The summed E-state index contributed by atoms with van der Waals surface area (Å²) in [7, 11) is 0. The van der Waals surface area contributed by atoms with Crippen molar-refractivity contribution in [3.8, 4) is 0 Å². The molecule has 0 unspecified atom stereocenters. The Hall–Kier alpha value is -3.79. The van der Waals surface area contributed by atoms with E-state index >= 15 is 0 Å². The number of carbonyl (C=O) groups is 3. The number of fused-ring (bicyclic) bond motifs is 1. The normalized spacial score (nSPS) is 13.5. The smallest absolute Gasteiger partial charge is 0.293 e. The Bertz CT molecular complexity index is 1190. The van der Waals surface area contributed by atoms with Crippen molar-refractivity contribution in [1.82, 2.24) is 25.2 Å². The SMILES string of the molecule is O=C(NO)c1cc2c(C(=O)NCCCN3CCCC3=O)cn(Cc3ccc(F)cc3)c2cn1. The lowest BCUT2D eigenvalue weighted by Gasteiger charge is -2.15. The van der Waals surface area contributed by atoms with Gasteiger partial charge in [0.2, 0.25) is 5.91 Å². The first-order valence-corrected chi connectivity index (χ1v) is 10.7. The number of nitrogens with zero attached hydrogens (tertiary/aromatic N) is 3. The van der Waals surface area contributed by atoms with Gasteiger partial charge in [-0.25, -0.2) is 14.9 Å². The molecule has 0 spiro atoms. The highest BCUT2D eigenvalue weighted by atomic mass is 19.1. The molecule has 1 fully saturated rings. The fourth-order valence-electron chi connectivity index (χ4n) is 3.97.